The maximum Gasteiger partial charge on any atom is 0.328 e. The Morgan fingerprint density at radius 3 is 2.93 bits per heavy atom. The lowest BCUT2D eigenvalue weighted by Gasteiger charge is -2.22. The van der Waals surface area contributed by atoms with Crippen molar-refractivity contribution >= 4 is 5.97 Å². The van der Waals surface area contributed by atoms with Crippen LogP contribution in [0.4, 0.5) is 0 Å². The summed E-state index contributed by atoms with van der Waals surface area (Å²) in [5.41, 5.74) is 4.34. The van der Waals surface area contributed by atoms with Gasteiger partial charge in [0.15, 0.2) is 0 Å². The lowest BCUT2D eigenvalue weighted by molar-refractivity contribution is -0.141. The number of carboxylic acids is 1. The number of hydrogen-bond acceptors (Lipinski definition) is 3. The molecule has 3 N–H and O–H groups in total. The Hall–Kier alpha value is -1.29. The van der Waals surface area contributed by atoms with Gasteiger partial charge < -0.3 is 15.6 Å². The minimum atomic E-state index is -1.26. The first-order valence-electron chi connectivity index (χ1n) is 4.63. The highest BCUT2D eigenvalue weighted by Gasteiger charge is 2.31. The Kier molecular flexibility index (Phi) is 3.30. The molecule has 1 aliphatic carbocycles. The van der Waals surface area contributed by atoms with Gasteiger partial charge in [-0.25, -0.2) is 4.79 Å². The van der Waals surface area contributed by atoms with Crippen LogP contribution in [0.3, 0.4) is 0 Å². The van der Waals surface area contributed by atoms with E-state index in [1.165, 1.54) is 6.08 Å². The van der Waals surface area contributed by atoms with Gasteiger partial charge in [-0.1, -0.05) is 6.92 Å². The molecule has 0 aromatic rings. The first-order valence-corrected chi connectivity index (χ1v) is 4.63. The van der Waals surface area contributed by atoms with Gasteiger partial charge in [-0.2, -0.15) is 0 Å². The molecule has 1 aliphatic rings. The molecule has 14 heavy (non-hydrogen) atoms. The van der Waals surface area contributed by atoms with Crippen LogP contribution in [0.1, 0.15) is 19.8 Å². The summed E-state index contributed by atoms with van der Waals surface area (Å²) in [6.07, 6.45) is 6.01. The SMILES string of the molecule is CCCOC1=CCC(N)(C(=O)O)C=C1. The largest absolute Gasteiger partial charge is 0.494 e. The molecule has 0 bridgehead atoms. The van der Waals surface area contributed by atoms with E-state index in [0.717, 1.165) is 6.42 Å². The minimum Gasteiger partial charge on any atom is -0.494 e. The van der Waals surface area contributed by atoms with Gasteiger partial charge in [-0.15, -0.1) is 0 Å². The fourth-order valence-corrected chi connectivity index (χ4v) is 1.12. The second-order valence-corrected chi connectivity index (χ2v) is 3.34. The summed E-state index contributed by atoms with van der Waals surface area (Å²) < 4.78 is 5.33. The number of ether oxygens (including phenoxy) is 1. The highest BCUT2D eigenvalue weighted by Crippen LogP contribution is 2.19. The molecular weight excluding hydrogens is 182 g/mol. The summed E-state index contributed by atoms with van der Waals surface area (Å²) in [7, 11) is 0. The van der Waals surface area contributed by atoms with Crippen molar-refractivity contribution in [2.75, 3.05) is 6.61 Å². The normalized spacial score (nSPS) is 25.7. The van der Waals surface area contributed by atoms with E-state index in [-0.39, 0.29) is 6.42 Å². The number of allylic oxidation sites excluding steroid dienone is 1. The fraction of sp³-hybridized carbons (Fsp3) is 0.500. The maximum atomic E-state index is 10.8. The highest BCUT2D eigenvalue weighted by atomic mass is 16.5. The third-order valence-corrected chi connectivity index (χ3v) is 2.06. The first-order chi connectivity index (χ1) is 6.58. The molecule has 0 saturated carbocycles. The van der Waals surface area contributed by atoms with Crippen LogP contribution in [-0.2, 0) is 9.53 Å². The van der Waals surface area contributed by atoms with Gasteiger partial charge in [0.2, 0.25) is 0 Å². The smallest absolute Gasteiger partial charge is 0.328 e. The molecule has 0 spiro atoms. The molecule has 0 heterocycles. The molecule has 4 heteroatoms. The summed E-state index contributed by atoms with van der Waals surface area (Å²) in [4.78, 5) is 10.8. The molecule has 1 atom stereocenters. The van der Waals surface area contributed by atoms with E-state index < -0.39 is 11.5 Å². The van der Waals surface area contributed by atoms with E-state index in [1.807, 2.05) is 6.92 Å². The molecule has 1 unspecified atom stereocenters. The maximum absolute atomic E-state index is 10.8. The average molecular weight is 197 g/mol. The lowest BCUT2D eigenvalue weighted by atomic mass is 9.92. The summed E-state index contributed by atoms with van der Waals surface area (Å²) in [6.45, 7) is 2.65. The van der Waals surface area contributed by atoms with Crippen molar-refractivity contribution in [3.63, 3.8) is 0 Å². The molecule has 0 fully saturated rings. The van der Waals surface area contributed by atoms with Gasteiger partial charge in [-0.05, 0) is 24.6 Å². The molecule has 0 aliphatic heterocycles. The third-order valence-electron chi connectivity index (χ3n) is 2.06. The molecule has 78 valence electrons. The first kappa shape index (κ1) is 10.8. The van der Waals surface area contributed by atoms with Crippen molar-refractivity contribution in [2.45, 2.75) is 25.3 Å². The monoisotopic (exact) mass is 197 g/mol. The standard InChI is InChI=1S/C10H15NO3/c1-2-7-14-8-3-5-10(11,6-4-8)9(12)13/h3-5H,2,6-7,11H2,1H3,(H,12,13). The zero-order valence-corrected chi connectivity index (χ0v) is 8.19. The van der Waals surface area contributed by atoms with Crippen molar-refractivity contribution in [1.29, 1.82) is 0 Å². The Labute approximate surface area is 83.0 Å². The van der Waals surface area contributed by atoms with Crippen LogP contribution in [0.5, 0.6) is 0 Å². The van der Waals surface area contributed by atoms with Gasteiger partial charge in [0.25, 0.3) is 0 Å². The van der Waals surface area contributed by atoms with E-state index >= 15 is 0 Å². The Morgan fingerprint density at radius 2 is 2.50 bits per heavy atom. The second-order valence-electron chi connectivity index (χ2n) is 3.34. The van der Waals surface area contributed by atoms with Crippen molar-refractivity contribution in [1.82, 2.24) is 0 Å². The molecule has 0 aromatic heterocycles. The van der Waals surface area contributed by atoms with E-state index in [4.69, 9.17) is 15.6 Å². The zero-order valence-electron chi connectivity index (χ0n) is 8.19. The molecule has 0 saturated heterocycles. The van der Waals surface area contributed by atoms with Crippen LogP contribution >= 0.6 is 0 Å². The van der Waals surface area contributed by atoms with Gasteiger partial charge in [0.1, 0.15) is 11.3 Å². The fourth-order valence-electron chi connectivity index (χ4n) is 1.12. The number of carboxylic acid groups (broad SMARTS) is 1. The summed E-state index contributed by atoms with van der Waals surface area (Å²) >= 11 is 0. The molecule has 0 amide bonds. The predicted molar refractivity (Wildman–Crippen MR) is 52.6 cm³/mol. The molecule has 0 aromatic carbocycles. The Morgan fingerprint density at radius 1 is 1.79 bits per heavy atom. The van der Waals surface area contributed by atoms with Gasteiger partial charge in [-0.3, -0.25) is 0 Å². The van der Waals surface area contributed by atoms with Crippen LogP contribution in [-0.4, -0.2) is 23.2 Å². The topological polar surface area (TPSA) is 72.5 Å². The van der Waals surface area contributed by atoms with Gasteiger partial charge in [0.05, 0.1) is 6.61 Å². The van der Waals surface area contributed by atoms with Crippen LogP contribution in [0, 0.1) is 0 Å². The zero-order chi connectivity index (χ0) is 10.6. The van der Waals surface area contributed by atoms with E-state index in [1.54, 1.807) is 12.2 Å². The van der Waals surface area contributed by atoms with E-state index in [2.05, 4.69) is 0 Å². The number of aliphatic carboxylic acids is 1. The van der Waals surface area contributed by atoms with Crippen molar-refractivity contribution in [3.05, 3.63) is 24.0 Å². The predicted octanol–water partition coefficient (Wildman–Crippen LogP) is 1.04. The quantitative estimate of drug-likeness (QED) is 0.706. The van der Waals surface area contributed by atoms with E-state index in [9.17, 15) is 4.79 Å². The molecular formula is C10H15NO3. The van der Waals surface area contributed by atoms with Gasteiger partial charge in [0, 0.05) is 6.42 Å². The molecule has 0 radical (unpaired) electrons. The van der Waals surface area contributed by atoms with Crippen molar-refractivity contribution in [3.8, 4) is 0 Å². The van der Waals surface area contributed by atoms with E-state index in [0.29, 0.717) is 12.4 Å². The average Bonchev–Trinajstić information content (AvgIpc) is 2.17. The second kappa shape index (κ2) is 4.28. The van der Waals surface area contributed by atoms with Crippen molar-refractivity contribution in [2.24, 2.45) is 5.73 Å². The highest BCUT2D eigenvalue weighted by molar-refractivity contribution is 5.82. The van der Waals surface area contributed by atoms with Crippen LogP contribution in [0.25, 0.3) is 0 Å². The van der Waals surface area contributed by atoms with Crippen LogP contribution < -0.4 is 5.73 Å². The van der Waals surface area contributed by atoms with Crippen LogP contribution in [0.2, 0.25) is 0 Å². The Balaban J connectivity index is 2.57. The molecule has 4 nitrogen and oxygen atoms in total. The van der Waals surface area contributed by atoms with Crippen molar-refractivity contribution < 1.29 is 14.6 Å². The van der Waals surface area contributed by atoms with Crippen LogP contribution in [0.15, 0.2) is 24.0 Å². The number of nitrogens with two attached hydrogens (primary N) is 1. The summed E-state index contributed by atoms with van der Waals surface area (Å²) in [5.74, 6) is -0.311. The number of carbonyl (C=O) groups is 1. The number of rotatable bonds is 4. The van der Waals surface area contributed by atoms with Gasteiger partial charge >= 0.3 is 5.97 Å². The number of hydrogen-bond donors (Lipinski definition) is 2. The molecule has 1 rings (SSSR count). The summed E-state index contributed by atoms with van der Waals surface area (Å²) in [5, 5.41) is 8.81. The lowest BCUT2D eigenvalue weighted by Crippen LogP contribution is -2.46. The third kappa shape index (κ3) is 2.35. The Bertz CT molecular complexity index is 283. The minimum absolute atomic E-state index is 0.276. The summed E-state index contributed by atoms with van der Waals surface area (Å²) in [6, 6.07) is 0.